The van der Waals surface area contributed by atoms with Gasteiger partial charge in [0.1, 0.15) is 29.3 Å². The van der Waals surface area contributed by atoms with Crippen molar-refractivity contribution in [1.82, 2.24) is 15.4 Å². The van der Waals surface area contributed by atoms with E-state index >= 15 is 0 Å². The van der Waals surface area contributed by atoms with Crippen LogP contribution >= 0.6 is 0 Å². The van der Waals surface area contributed by atoms with E-state index < -0.39 is 23.4 Å². The van der Waals surface area contributed by atoms with Crippen molar-refractivity contribution in [3.05, 3.63) is 59.2 Å². The van der Waals surface area contributed by atoms with Crippen LogP contribution in [0.5, 0.6) is 0 Å². The number of nitrogens with zero attached hydrogens (tertiary/aromatic N) is 2. The molecule has 0 aliphatic heterocycles. The summed E-state index contributed by atoms with van der Waals surface area (Å²) in [5, 5.41) is 10.3. The van der Waals surface area contributed by atoms with Gasteiger partial charge in [-0.05, 0) is 29.8 Å². The van der Waals surface area contributed by atoms with Gasteiger partial charge in [-0.25, -0.2) is 8.78 Å². The molecule has 2 aromatic carbocycles. The highest BCUT2D eigenvalue weighted by Gasteiger charge is 2.15. The number of rotatable bonds is 6. The van der Waals surface area contributed by atoms with Gasteiger partial charge in [0.25, 0.3) is 0 Å². The minimum absolute atomic E-state index is 0.0285. The monoisotopic (exact) mass is 345 g/mol. The van der Waals surface area contributed by atoms with Crippen LogP contribution in [-0.2, 0) is 16.1 Å². The molecule has 1 N–H and O–H groups in total. The maximum atomic E-state index is 13.5. The molecule has 0 unspecified atom stereocenters. The minimum atomic E-state index is -0.945. The predicted octanol–water partition coefficient (Wildman–Crippen LogP) is 2.94. The summed E-state index contributed by atoms with van der Waals surface area (Å²) in [5.74, 6) is -2.88. The molecular weight excluding hydrogens is 332 g/mol. The van der Waals surface area contributed by atoms with Crippen molar-refractivity contribution < 1.29 is 23.1 Å². The van der Waals surface area contributed by atoms with Crippen molar-refractivity contribution in [2.24, 2.45) is 0 Å². The van der Waals surface area contributed by atoms with Gasteiger partial charge in [-0.3, -0.25) is 9.59 Å². The summed E-state index contributed by atoms with van der Waals surface area (Å²) in [6, 6.07) is 7.90. The molecule has 25 heavy (non-hydrogen) atoms. The summed E-state index contributed by atoms with van der Waals surface area (Å²) < 4.78 is 31.4. The Balaban J connectivity index is 1.51. The molecule has 0 radical (unpaired) electrons. The molecule has 0 aliphatic carbocycles. The van der Waals surface area contributed by atoms with Gasteiger partial charge in [-0.1, -0.05) is 6.07 Å². The molecule has 0 spiro atoms. The molecule has 0 saturated heterocycles. The number of benzene rings is 2. The first-order valence-electron chi connectivity index (χ1n) is 7.46. The largest absolute Gasteiger partial charge is 0.461 e. The van der Waals surface area contributed by atoms with Gasteiger partial charge >= 0.3 is 5.97 Å². The number of Topliss-reactive ketones (excluding diaryl/α,β-unsaturated/α-hetero) is 1. The number of aromatic nitrogens is 3. The number of hydrogen-bond donors (Lipinski definition) is 1. The number of esters is 1. The van der Waals surface area contributed by atoms with E-state index in [1.807, 2.05) is 0 Å². The lowest BCUT2D eigenvalue weighted by molar-refractivity contribution is -0.144. The molecule has 3 aromatic rings. The zero-order valence-electron chi connectivity index (χ0n) is 13.0. The molecule has 0 saturated carbocycles. The van der Waals surface area contributed by atoms with E-state index in [-0.39, 0.29) is 25.0 Å². The Morgan fingerprint density at radius 2 is 1.80 bits per heavy atom. The quantitative estimate of drug-likeness (QED) is 0.548. The molecule has 0 aliphatic rings. The molecule has 1 heterocycles. The molecule has 0 fully saturated rings. The molecule has 0 atom stereocenters. The van der Waals surface area contributed by atoms with Crippen LogP contribution in [0.4, 0.5) is 8.78 Å². The number of carbonyl (C=O) groups excluding carboxylic acids is 2. The van der Waals surface area contributed by atoms with E-state index in [9.17, 15) is 18.4 Å². The van der Waals surface area contributed by atoms with Crippen LogP contribution in [0.3, 0.4) is 0 Å². The van der Waals surface area contributed by atoms with Gasteiger partial charge < -0.3 is 4.74 Å². The van der Waals surface area contributed by atoms with Crippen LogP contribution in [0.1, 0.15) is 28.8 Å². The van der Waals surface area contributed by atoms with Crippen LogP contribution in [0, 0.1) is 11.6 Å². The lowest BCUT2D eigenvalue weighted by Crippen LogP contribution is -2.09. The number of hydrogen-bond acceptors (Lipinski definition) is 5. The molecule has 0 amide bonds. The number of ketones is 1. The fraction of sp³-hybridized carbons (Fsp3) is 0.176. The van der Waals surface area contributed by atoms with E-state index in [0.29, 0.717) is 17.1 Å². The second kappa shape index (κ2) is 7.16. The number of carbonyl (C=O) groups is 2. The molecule has 3 rings (SSSR count). The normalized spacial score (nSPS) is 10.8. The van der Waals surface area contributed by atoms with E-state index in [0.717, 1.165) is 17.7 Å². The first-order valence-corrected chi connectivity index (χ1v) is 7.46. The fourth-order valence-electron chi connectivity index (χ4n) is 2.28. The van der Waals surface area contributed by atoms with E-state index in [1.54, 1.807) is 18.2 Å². The SMILES string of the molecule is O=C(CCC(=O)c1ccc(F)cc1F)OCc1ccc2n[nH]nc2c1. The van der Waals surface area contributed by atoms with Gasteiger partial charge in [0.2, 0.25) is 0 Å². The third-order valence-corrected chi connectivity index (χ3v) is 3.57. The van der Waals surface area contributed by atoms with Crippen molar-refractivity contribution in [3.63, 3.8) is 0 Å². The molecular formula is C17H13F2N3O3. The van der Waals surface area contributed by atoms with Crippen molar-refractivity contribution >= 4 is 22.8 Å². The van der Waals surface area contributed by atoms with Crippen molar-refractivity contribution in [1.29, 1.82) is 0 Å². The molecule has 1 aromatic heterocycles. The number of ether oxygens (including phenoxy) is 1. The Morgan fingerprint density at radius 3 is 2.60 bits per heavy atom. The van der Waals surface area contributed by atoms with E-state index in [4.69, 9.17) is 4.74 Å². The highest BCUT2D eigenvalue weighted by molar-refractivity contribution is 5.97. The summed E-state index contributed by atoms with van der Waals surface area (Å²) in [6.07, 6.45) is -0.411. The smallest absolute Gasteiger partial charge is 0.306 e. The average molecular weight is 345 g/mol. The average Bonchev–Trinajstić information content (AvgIpc) is 3.05. The second-order valence-electron chi connectivity index (χ2n) is 5.35. The molecule has 8 heteroatoms. The number of fused-ring (bicyclic) bond motifs is 1. The number of nitrogens with one attached hydrogen (secondary N) is 1. The van der Waals surface area contributed by atoms with Gasteiger partial charge in [-0.15, -0.1) is 0 Å². The van der Waals surface area contributed by atoms with Gasteiger partial charge in [0.05, 0.1) is 12.0 Å². The number of halogens is 2. The van der Waals surface area contributed by atoms with Crippen LogP contribution in [0.25, 0.3) is 11.0 Å². The highest BCUT2D eigenvalue weighted by Crippen LogP contribution is 2.14. The molecule has 6 nitrogen and oxygen atoms in total. The van der Waals surface area contributed by atoms with Crippen LogP contribution < -0.4 is 0 Å². The summed E-state index contributed by atoms with van der Waals surface area (Å²) in [7, 11) is 0. The van der Waals surface area contributed by atoms with Crippen molar-refractivity contribution in [2.45, 2.75) is 19.4 Å². The summed E-state index contributed by atoms with van der Waals surface area (Å²) >= 11 is 0. The summed E-state index contributed by atoms with van der Waals surface area (Å²) in [5.41, 5.74) is 1.83. The van der Waals surface area contributed by atoms with E-state index in [2.05, 4.69) is 15.4 Å². The van der Waals surface area contributed by atoms with Crippen LogP contribution in [0.15, 0.2) is 36.4 Å². The van der Waals surface area contributed by atoms with Gasteiger partial charge in [0.15, 0.2) is 5.78 Å². The minimum Gasteiger partial charge on any atom is -0.461 e. The van der Waals surface area contributed by atoms with Crippen molar-refractivity contribution in [2.75, 3.05) is 0 Å². The number of H-pyrrole nitrogens is 1. The zero-order valence-corrected chi connectivity index (χ0v) is 13.0. The molecule has 128 valence electrons. The summed E-state index contributed by atoms with van der Waals surface area (Å²) in [6.45, 7) is 0.0285. The topological polar surface area (TPSA) is 84.9 Å². The first-order chi connectivity index (χ1) is 12.0. The Kier molecular flexibility index (Phi) is 4.78. The van der Waals surface area contributed by atoms with Crippen molar-refractivity contribution in [3.8, 4) is 0 Å². The highest BCUT2D eigenvalue weighted by atomic mass is 19.1. The Labute approximate surface area is 140 Å². The first kappa shape index (κ1) is 16.7. The van der Waals surface area contributed by atoms with E-state index in [1.165, 1.54) is 0 Å². The standard InChI is InChI=1S/C17H13F2N3O3/c18-11-2-3-12(13(19)8-11)16(23)5-6-17(24)25-9-10-1-4-14-15(7-10)21-22-20-14/h1-4,7-8H,5-6,9H2,(H,20,21,22). The third-order valence-electron chi connectivity index (χ3n) is 3.57. The maximum absolute atomic E-state index is 13.5. The molecule has 0 bridgehead atoms. The number of aromatic amines is 1. The summed E-state index contributed by atoms with van der Waals surface area (Å²) in [4.78, 5) is 23.6. The lowest BCUT2D eigenvalue weighted by Gasteiger charge is -2.05. The second-order valence-corrected chi connectivity index (χ2v) is 5.35. The zero-order chi connectivity index (χ0) is 17.8. The Bertz CT molecular complexity index is 940. The predicted molar refractivity (Wildman–Crippen MR) is 83.6 cm³/mol. The Morgan fingerprint density at radius 1 is 1.00 bits per heavy atom. The van der Waals surface area contributed by atoms with Crippen LogP contribution in [-0.4, -0.2) is 27.2 Å². The van der Waals surface area contributed by atoms with Crippen LogP contribution in [0.2, 0.25) is 0 Å². The maximum Gasteiger partial charge on any atom is 0.306 e. The lowest BCUT2D eigenvalue weighted by atomic mass is 10.1. The van der Waals surface area contributed by atoms with Gasteiger partial charge in [0, 0.05) is 12.5 Å². The Hall–Kier alpha value is -3.16. The van der Waals surface area contributed by atoms with Gasteiger partial charge in [-0.2, -0.15) is 15.4 Å². The fourth-order valence-corrected chi connectivity index (χ4v) is 2.28. The third kappa shape index (κ3) is 4.03.